The zero-order chi connectivity index (χ0) is 13.9. The third kappa shape index (κ3) is 2.80. The fourth-order valence-electron chi connectivity index (χ4n) is 2.41. The highest BCUT2D eigenvalue weighted by molar-refractivity contribution is 7.99. The van der Waals surface area contributed by atoms with Crippen LogP contribution in [-0.2, 0) is 6.54 Å². The van der Waals surface area contributed by atoms with Gasteiger partial charge in [-0.2, -0.15) is 0 Å². The maximum absolute atomic E-state index is 5.98. The predicted octanol–water partition coefficient (Wildman–Crippen LogP) is 4.07. The maximum Gasteiger partial charge on any atom is 0.123 e. The zero-order valence-corrected chi connectivity index (χ0v) is 12.6. The first-order valence-electron chi connectivity index (χ1n) is 6.61. The number of thioether (sulfide) groups is 1. The van der Waals surface area contributed by atoms with E-state index in [1.165, 1.54) is 10.5 Å². The second-order valence-corrected chi connectivity index (χ2v) is 6.31. The minimum Gasteiger partial charge on any atom is -0.493 e. The lowest BCUT2D eigenvalue weighted by molar-refractivity contribution is 0.295. The third-order valence-corrected chi connectivity index (χ3v) is 4.97. The number of ether oxygens (including phenoxy) is 1. The summed E-state index contributed by atoms with van der Waals surface area (Å²) in [5.41, 5.74) is 8.08. The number of benzene rings is 2. The number of nitrogens with two attached hydrogens (primary N) is 1. The van der Waals surface area contributed by atoms with Crippen molar-refractivity contribution in [2.24, 2.45) is 5.73 Å². The molecular weight excluding hydrogens is 290 g/mol. The van der Waals surface area contributed by atoms with Crippen LogP contribution < -0.4 is 10.5 Å². The molecule has 2 aromatic carbocycles. The molecule has 104 valence electrons. The molecule has 0 aliphatic carbocycles. The van der Waals surface area contributed by atoms with E-state index in [0.29, 0.717) is 24.1 Å². The van der Waals surface area contributed by atoms with Gasteiger partial charge in [-0.1, -0.05) is 29.8 Å². The SMILES string of the molecule is NCc1cc(Cl)ccc1OCC1CSc2ccccc21. The van der Waals surface area contributed by atoms with Crippen LogP contribution in [0.2, 0.25) is 5.02 Å². The Balaban J connectivity index is 1.72. The Labute approximate surface area is 128 Å². The van der Waals surface area contributed by atoms with Crippen molar-refractivity contribution in [2.45, 2.75) is 17.4 Å². The van der Waals surface area contributed by atoms with E-state index < -0.39 is 0 Å². The summed E-state index contributed by atoms with van der Waals surface area (Å²) in [6, 6.07) is 14.1. The summed E-state index contributed by atoms with van der Waals surface area (Å²) in [5, 5.41) is 0.694. The molecule has 0 amide bonds. The van der Waals surface area contributed by atoms with Gasteiger partial charge in [-0.15, -0.1) is 11.8 Å². The molecular formula is C16H16ClNOS. The number of fused-ring (bicyclic) bond motifs is 1. The highest BCUT2D eigenvalue weighted by Crippen LogP contribution is 2.39. The molecule has 1 unspecified atom stereocenters. The normalized spacial score (nSPS) is 17.0. The van der Waals surface area contributed by atoms with E-state index in [1.54, 1.807) is 0 Å². The monoisotopic (exact) mass is 305 g/mol. The Hall–Kier alpha value is -1.16. The van der Waals surface area contributed by atoms with E-state index in [4.69, 9.17) is 22.1 Å². The molecule has 20 heavy (non-hydrogen) atoms. The predicted molar refractivity (Wildman–Crippen MR) is 84.7 cm³/mol. The van der Waals surface area contributed by atoms with E-state index in [2.05, 4.69) is 24.3 Å². The topological polar surface area (TPSA) is 35.2 Å². The first kappa shape index (κ1) is 13.8. The minimum absolute atomic E-state index is 0.436. The lowest BCUT2D eigenvalue weighted by Crippen LogP contribution is -2.11. The Morgan fingerprint density at radius 2 is 2.10 bits per heavy atom. The van der Waals surface area contributed by atoms with Gasteiger partial charge in [0.2, 0.25) is 0 Å². The highest BCUT2D eigenvalue weighted by Gasteiger charge is 2.23. The molecule has 1 atom stereocenters. The number of rotatable bonds is 4. The highest BCUT2D eigenvalue weighted by atomic mass is 35.5. The van der Waals surface area contributed by atoms with Gasteiger partial charge in [0.25, 0.3) is 0 Å². The zero-order valence-electron chi connectivity index (χ0n) is 11.0. The fourth-order valence-corrected chi connectivity index (χ4v) is 3.83. The van der Waals surface area contributed by atoms with Crippen LogP contribution in [0.15, 0.2) is 47.4 Å². The maximum atomic E-state index is 5.98. The summed E-state index contributed by atoms with van der Waals surface area (Å²) in [6.45, 7) is 1.12. The van der Waals surface area contributed by atoms with Gasteiger partial charge in [0, 0.05) is 33.7 Å². The summed E-state index contributed by atoms with van der Waals surface area (Å²) in [4.78, 5) is 1.37. The molecule has 1 aliphatic heterocycles. The standard InChI is InChI=1S/C16H16ClNOS/c17-13-5-6-15(11(7-13)8-18)19-9-12-10-20-16-4-2-1-3-14(12)16/h1-7,12H,8-10,18H2. The second kappa shape index (κ2) is 6.08. The second-order valence-electron chi connectivity index (χ2n) is 4.81. The molecule has 1 heterocycles. The smallest absolute Gasteiger partial charge is 0.123 e. The first-order valence-corrected chi connectivity index (χ1v) is 7.97. The molecule has 2 aromatic rings. The quantitative estimate of drug-likeness (QED) is 0.925. The van der Waals surface area contributed by atoms with Gasteiger partial charge < -0.3 is 10.5 Å². The summed E-state index contributed by atoms with van der Waals surface area (Å²) >= 11 is 7.87. The van der Waals surface area contributed by atoms with Crippen LogP contribution in [-0.4, -0.2) is 12.4 Å². The van der Waals surface area contributed by atoms with Crippen LogP contribution in [0.25, 0.3) is 0 Å². The molecule has 3 rings (SSSR count). The van der Waals surface area contributed by atoms with E-state index in [9.17, 15) is 0 Å². The van der Waals surface area contributed by atoms with Crippen molar-refractivity contribution >= 4 is 23.4 Å². The van der Waals surface area contributed by atoms with E-state index in [0.717, 1.165) is 17.1 Å². The third-order valence-electron chi connectivity index (χ3n) is 3.48. The summed E-state index contributed by atoms with van der Waals surface area (Å²) in [5.74, 6) is 2.36. The Morgan fingerprint density at radius 3 is 2.95 bits per heavy atom. The lowest BCUT2D eigenvalue weighted by atomic mass is 10.0. The molecule has 1 aliphatic rings. The molecule has 0 fully saturated rings. The first-order chi connectivity index (χ1) is 9.78. The largest absolute Gasteiger partial charge is 0.493 e. The lowest BCUT2D eigenvalue weighted by Gasteiger charge is -2.15. The number of hydrogen-bond donors (Lipinski definition) is 1. The van der Waals surface area contributed by atoms with Crippen molar-refractivity contribution in [1.82, 2.24) is 0 Å². The van der Waals surface area contributed by atoms with Gasteiger partial charge in [-0.3, -0.25) is 0 Å². The van der Waals surface area contributed by atoms with Crippen molar-refractivity contribution in [1.29, 1.82) is 0 Å². The summed E-state index contributed by atoms with van der Waals surface area (Å²) in [7, 11) is 0. The molecule has 0 radical (unpaired) electrons. The summed E-state index contributed by atoms with van der Waals surface area (Å²) < 4.78 is 5.97. The number of hydrogen-bond acceptors (Lipinski definition) is 3. The van der Waals surface area contributed by atoms with Crippen LogP contribution >= 0.6 is 23.4 Å². The van der Waals surface area contributed by atoms with Crippen LogP contribution in [0.5, 0.6) is 5.75 Å². The van der Waals surface area contributed by atoms with Crippen molar-refractivity contribution in [3.63, 3.8) is 0 Å². The van der Waals surface area contributed by atoms with Crippen molar-refractivity contribution < 1.29 is 4.74 Å². The molecule has 0 saturated carbocycles. The summed E-state index contributed by atoms with van der Waals surface area (Å²) in [6.07, 6.45) is 0. The Morgan fingerprint density at radius 1 is 1.25 bits per heavy atom. The molecule has 0 aromatic heterocycles. The van der Waals surface area contributed by atoms with E-state index in [-0.39, 0.29) is 0 Å². The van der Waals surface area contributed by atoms with Crippen molar-refractivity contribution in [3.8, 4) is 5.75 Å². The molecule has 0 spiro atoms. The average molecular weight is 306 g/mol. The molecule has 2 N–H and O–H groups in total. The van der Waals surface area contributed by atoms with Gasteiger partial charge in [-0.05, 0) is 29.8 Å². The van der Waals surface area contributed by atoms with Crippen molar-refractivity contribution in [2.75, 3.05) is 12.4 Å². The number of halogens is 1. The van der Waals surface area contributed by atoms with Crippen LogP contribution in [0, 0.1) is 0 Å². The van der Waals surface area contributed by atoms with E-state index in [1.807, 2.05) is 30.0 Å². The van der Waals surface area contributed by atoms with Gasteiger partial charge in [0.15, 0.2) is 0 Å². The Kier molecular flexibility index (Phi) is 4.20. The molecule has 4 heteroatoms. The van der Waals surface area contributed by atoms with E-state index >= 15 is 0 Å². The van der Waals surface area contributed by atoms with Crippen LogP contribution in [0.1, 0.15) is 17.0 Å². The van der Waals surface area contributed by atoms with Gasteiger partial charge >= 0.3 is 0 Å². The Bertz CT molecular complexity index is 617. The van der Waals surface area contributed by atoms with Gasteiger partial charge in [0.05, 0.1) is 6.61 Å². The minimum atomic E-state index is 0.436. The van der Waals surface area contributed by atoms with Gasteiger partial charge in [0.1, 0.15) is 5.75 Å². The van der Waals surface area contributed by atoms with Crippen LogP contribution in [0.4, 0.5) is 0 Å². The molecule has 2 nitrogen and oxygen atoms in total. The molecule has 0 saturated heterocycles. The van der Waals surface area contributed by atoms with Crippen molar-refractivity contribution in [3.05, 3.63) is 58.6 Å². The molecule has 0 bridgehead atoms. The van der Waals surface area contributed by atoms with Gasteiger partial charge in [-0.25, -0.2) is 0 Å². The van der Waals surface area contributed by atoms with Crippen LogP contribution in [0.3, 0.4) is 0 Å². The average Bonchev–Trinajstić information content (AvgIpc) is 2.89. The fraction of sp³-hybridized carbons (Fsp3) is 0.250.